The molecule has 60 valence electrons. The molecule has 0 aromatic carbocycles. The molecule has 0 aliphatic rings. The van der Waals surface area contributed by atoms with Gasteiger partial charge in [0.05, 0.1) is 0 Å². The Kier molecular flexibility index (Phi) is 4.55. The fourth-order valence-electron chi connectivity index (χ4n) is 0.355. The quantitative estimate of drug-likeness (QED) is 0.243. The predicted octanol–water partition coefficient (Wildman–Crippen LogP) is -0.615. The molecule has 0 radical (unpaired) electrons. The van der Waals surface area contributed by atoms with E-state index in [0.29, 0.717) is 6.42 Å². The minimum atomic E-state index is -0.726. The van der Waals surface area contributed by atoms with Gasteiger partial charge in [0.2, 0.25) is 0 Å². The van der Waals surface area contributed by atoms with Crippen LogP contribution in [0, 0.1) is 0 Å². The summed E-state index contributed by atoms with van der Waals surface area (Å²) < 4.78 is 0. The summed E-state index contributed by atoms with van der Waals surface area (Å²) >= 11 is 0. The number of carbonyl (C=O) groups is 1. The molecule has 0 fully saturated rings. The molecule has 0 aliphatic carbocycles. The van der Waals surface area contributed by atoms with Gasteiger partial charge in [-0.25, -0.2) is 15.1 Å². The lowest BCUT2D eigenvalue weighted by molar-refractivity contribution is -0.288. The molecule has 0 rings (SSSR count). The third kappa shape index (κ3) is 4.07. The van der Waals surface area contributed by atoms with Gasteiger partial charge >= 0.3 is 6.03 Å². The highest BCUT2D eigenvalue weighted by atomic mass is 17.1. The van der Waals surface area contributed by atoms with E-state index in [4.69, 9.17) is 11.0 Å². The lowest BCUT2D eigenvalue weighted by atomic mass is 10.4. The van der Waals surface area contributed by atoms with Crippen molar-refractivity contribution in [2.45, 2.75) is 19.6 Å². The van der Waals surface area contributed by atoms with Crippen LogP contribution in [0.25, 0.3) is 0 Å². The molecule has 0 aromatic rings. The second-order valence-electron chi connectivity index (χ2n) is 1.64. The maximum atomic E-state index is 10.0. The first-order chi connectivity index (χ1) is 4.70. The summed E-state index contributed by atoms with van der Waals surface area (Å²) in [7, 11) is 0. The largest absolute Gasteiger partial charge is 0.351 e. The van der Waals surface area contributed by atoms with Crippen molar-refractivity contribution in [3.05, 3.63) is 0 Å². The fraction of sp³-hybridized carbons (Fsp3) is 0.750. The maximum Gasteiger partial charge on any atom is 0.326 e. The molecular weight excluding hydrogens is 138 g/mol. The summed E-state index contributed by atoms with van der Waals surface area (Å²) in [6.45, 7) is 1.76. The number of hydrazine groups is 1. The number of nitrogens with two attached hydrogens (primary N) is 1. The van der Waals surface area contributed by atoms with Gasteiger partial charge in [-0.05, 0) is 6.42 Å². The first-order valence-electron chi connectivity index (χ1n) is 2.82. The van der Waals surface area contributed by atoms with E-state index >= 15 is 0 Å². The van der Waals surface area contributed by atoms with Gasteiger partial charge in [-0.2, -0.15) is 0 Å². The van der Waals surface area contributed by atoms with E-state index in [1.165, 1.54) is 0 Å². The maximum absolute atomic E-state index is 10.0. The number of primary amides is 1. The van der Waals surface area contributed by atoms with Crippen molar-refractivity contribution in [3.8, 4) is 0 Å². The van der Waals surface area contributed by atoms with Gasteiger partial charge in [0.15, 0.2) is 6.23 Å². The number of hydrogen-bond acceptors (Lipinski definition) is 4. The minimum absolute atomic E-state index is 0.511. The molecule has 0 aromatic heterocycles. The molecule has 1 unspecified atom stereocenters. The Morgan fingerprint density at radius 3 is 2.80 bits per heavy atom. The molecule has 0 spiro atoms. The summed E-state index contributed by atoms with van der Waals surface area (Å²) in [6, 6.07) is -0.726. The normalized spacial score (nSPS) is 12.6. The second-order valence-corrected chi connectivity index (χ2v) is 1.64. The molecule has 6 nitrogen and oxygen atoms in total. The van der Waals surface area contributed by atoms with Crippen molar-refractivity contribution in [1.82, 2.24) is 10.9 Å². The van der Waals surface area contributed by atoms with E-state index < -0.39 is 12.3 Å². The van der Waals surface area contributed by atoms with Gasteiger partial charge in [-0.1, -0.05) is 6.92 Å². The molecule has 0 aliphatic heterocycles. The Morgan fingerprint density at radius 1 is 1.90 bits per heavy atom. The summed E-state index contributed by atoms with van der Waals surface area (Å²) in [5.74, 6) is 0. The predicted molar refractivity (Wildman–Crippen MR) is 33.6 cm³/mol. The van der Waals surface area contributed by atoms with Crippen molar-refractivity contribution in [2.24, 2.45) is 5.73 Å². The SMILES string of the molecule is CCC(NNC(N)=O)OO. The summed E-state index contributed by atoms with van der Waals surface area (Å²) in [4.78, 5) is 13.9. The zero-order chi connectivity index (χ0) is 7.98. The van der Waals surface area contributed by atoms with Gasteiger partial charge in [0.1, 0.15) is 0 Å². The number of carbonyl (C=O) groups excluding carboxylic acids is 1. The van der Waals surface area contributed by atoms with Gasteiger partial charge in [-0.15, -0.1) is 0 Å². The molecule has 0 heterocycles. The van der Waals surface area contributed by atoms with Crippen LogP contribution in [0.1, 0.15) is 13.3 Å². The highest BCUT2D eigenvalue weighted by molar-refractivity contribution is 5.70. The molecule has 0 bridgehead atoms. The molecular formula is C4H11N3O3. The standard InChI is InChI=1S/C4H11N3O3/c1-2-3(10-9)6-7-4(5)8/h3,6,9H,2H2,1H3,(H3,5,7,8). The van der Waals surface area contributed by atoms with Crippen LogP contribution in [0.5, 0.6) is 0 Å². The first kappa shape index (κ1) is 9.15. The Bertz CT molecular complexity index is 104. The zero-order valence-electron chi connectivity index (χ0n) is 5.63. The van der Waals surface area contributed by atoms with E-state index in [2.05, 4.69) is 15.7 Å². The van der Waals surface area contributed by atoms with Crippen LogP contribution >= 0.6 is 0 Å². The Hall–Kier alpha value is -0.850. The Labute approximate surface area is 58.2 Å². The van der Waals surface area contributed by atoms with Gasteiger partial charge in [0.25, 0.3) is 0 Å². The monoisotopic (exact) mass is 149 g/mol. The molecule has 0 saturated carbocycles. The molecule has 2 amide bonds. The van der Waals surface area contributed by atoms with Crippen molar-refractivity contribution in [2.75, 3.05) is 0 Å². The molecule has 10 heavy (non-hydrogen) atoms. The molecule has 5 N–H and O–H groups in total. The van der Waals surface area contributed by atoms with Crippen LogP contribution in [0.4, 0.5) is 4.79 Å². The fourth-order valence-corrected chi connectivity index (χ4v) is 0.355. The van der Waals surface area contributed by atoms with Gasteiger partial charge in [0, 0.05) is 0 Å². The number of urea groups is 1. The van der Waals surface area contributed by atoms with Crippen molar-refractivity contribution >= 4 is 6.03 Å². The van der Waals surface area contributed by atoms with Crippen molar-refractivity contribution < 1.29 is 14.9 Å². The van der Waals surface area contributed by atoms with E-state index in [0.717, 1.165) is 0 Å². The average Bonchev–Trinajstić information content (AvgIpc) is 1.90. The van der Waals surface area contributed by atoms with Crippen LogP contribution in [0.2, 0.25) is 0 Å². The number of nitrogens with one attached hydrogen (secondary N) is 2. The van der Waals surface area contributed by atoms with Gasteiger partial charge < -0.3 is 5.73 Å². The lowest BCUT2D eigenvalue weighted by Crippen LogP contribution is -2.47. The summed E-state index contributed by atoms with van der Waals surface area (Å²) in [5, 5.41) is 8.08. The van der Waals surface area contributed by atoms with Crippen LogP contribution in [-0.4, -0.2) is 17.5 Å². The second kappa shape index (κ2) is 4.98. The average molecular weight is 149 g/mol. The highest BCUT2D eigenvalue weighted by Gasteiger charge is 2.03. The smallest absolute Gasteiger partial charge is 0.326 e. The van der Waals surface area contributed by atoms with E-state index in [1.54, 1.807) is 6.92 Å². The zero-order valence-corrected chi connectivity index (χ0v) is 5.63. The van der Waals surface area contributed by atoms with Crippen molar-refractivity contribution in [3.63, 3.8) is 0 Å². The lowest BCUT2D eigenvalue weighted by Gasteiger charge is -2.11. The summed E-state index contributed by atoms with van der Waals surface area (Å²) in [6.07, 6.45) is -0.107. The Balaban J connectivity index is 3.34. The van der Waals surface area contributed by atoms with Crippen LogP contribution in [0.15, 0.2) is 0 Å². The first-order valence-corrected chi connectivity index (χ1v) is 2.82. The minimum Gasteiger partial charge on any atom is -0.351 e. The number of amides is 2. The van der Waals surface area contributed by atoms with Gasteiger partial charge in [-0.3, -0.25) is 10.7 Å². The topological polar surface area (TPSA) is 96.6 Å². The van der Waals surface area contributed by atoms with Crippen LogP contribution < -0.4 is 16.6 Å². The molecule has 6 heteroatoms. The third-order valence-corrected chi connectivity index (χ3v) is 0.854. The molecule has 0 saturated heterocycles. The summed E-state index contributed by atoms with van der Waals surface area (Å²) in [5.41, 5.74) is 9.07. The third-order valence-electron chi connectivity index (χ3n) is 0.854. The van der Waals surface area contributed by atoms with Crippen LogP contribution in [0.3, 0.4) is 0 Å². The molecule has 1 atom stereocenters. The number of hydrogen-bond donors (Lipinski definition) is 4. The highest BCUT2D eigenvalue weighted by Crippen LogP contribution is 1.86. The number of rotatable bonds is 4. The van der Waals surface area contributed by atoms with Crippen LogP contribution in [-0.2, 0) is 4.89 Å². The Morgan fingerprint density at radius 2 is 2.50 bits per heavy atom. The van der Waals surface area contributed by atoms with E-state index in [-0.39, 0.29) is 0 Å². The van der Waals surface area contributed by atoms with E-state index in [1.807, 2.05) is 0 Å². The van der Waals surface area contributed by atoms with E-state index in [9.17, 15) is 4.79 Å². The van der Waals surface area contributed by atoms with Crippen molar-refractivity contribution in [1.29, 1.82) is 0 Å².